The van der Waals surface area contributed by atoms with Crippen molar-refractivity contribution in [1.82, 2.24) is 0 Å². The second kappa shape index (κ2) is 4.55. The van der Waals surface area contributed by atoms with E-state index in [1.165, 1.54) is 19.3 Å². The number of rotatable bonds is 2. The van der Waals surface area contributed by atoms with Crippen molar-refractivity contribution in [2.75, 3.05) is 11.1 Å². The number of aryl methyl sites for hydroxylation is 2. The van der Waals surface area contributed by atoms with Gasteiger partial charge in [0.05, 0.1) is 0 Å². The van der Waals surface area contributed by atoms with Gasteiger partial charge in [0.15, 0.2) is 0 Å². The van der Waals surface area contributed by atoms with Gasteiger partial charge in [-0.3, -0.25) is 4.79 Å². The minimum atomic E-state index is 0.208. The van der Waals surface area contributed by atoms with E-state index < -0.39 is 0 Å². The third kappa shape index (κ3) is 2.22. The number of fused-ring (bicyclic) bond motifs is 2. The van der Waals surface area contributed by atoms with Crippen LogP contribution in [-0.2, 0) is 4.79 Å². The second-order valence-corrected chi connectivity index (χ2v) is 6.29. The summed E-state index contributed by atoms with van der Waals surface area (Å²) in [5.41, 5.74) is 9.65. The topological polar surface area (TPSA) is 55.1 Å². The molecule has 1 aromatic rings. The number of benzene rings is 1. The lowest BCUT2D eigenvalue weighted by Gasteiger charge is -2.21. The zero-order valence-corrected chi connectivity index (χ0v) is 11.7. The molecule has 2 fully saturated rings. The van der Waals surface area contributed by atoms with Crippen LogP contribution in [0.25, 0.3) is 0 Å². The Balaban J connectivity index is 1.75. The van der Waals surface area contributed by atoms with Crippen LogP contribution in [0.4, 0.5) is 11.4 Å². The zero-order chi connectivity index (χ0) is 13.6. The Hall–Kier alpha value is -1.51. The molecule has 1 aromatic carbocycles. The van der Waals surface area contributed by atoms with Gasteiger partial charge in [-0.1, -0.05) is 6.42 Å². The average Bonchev–Trinajstić information content (AvgIpc) is 2.98. The number of carbonyl (C=O) groups is 1. The predicted molar refractivity (Wildman–Crippen MR) is 77.9 cm³/mol. The first-order valence-corrected chi connectivity index (χ1v) is 7.22. The first-order valence-electron chi connectivity index (χ1n) is 7.22. The fraction of sp³-hybridized carbons (Fsp3) is 0.562. The van der Waals surface area contributed by atoms with Crippen LogP contribution in [-0.4, -0.2) is 5.91 Å². The summed E-state index contributed by atoms with van der Waals surface area (Å²) in [6.07, 6.45) is 4.91. The van der Waals surface area contributed by atoms with E-state index in [0.717, 1.165) is 34.8 Å². The van der Waals surface area contributed by atoms with Crippen molar-refractivity contribution in [2.24, 2.45) is 17.8 Å². The summed E-state index contributed by atoms with van der Waals surface area (Å²) < 4.78 is 0. The number of nitrogens with two attached hydrogens (primary N) is 1. The first kappa shape index (κ1) is 12.5. The summed E-state index contributed by atoms with van der Waals surface area (Å²) >= 11 is 0. The molecule has 3 atom stereocenters. The monoisotopic (exact) mass is 258 g/mol. The van der Waals surface area contributed by atoms with Gasteiger partial charge in [0.1, 0.15) is 0 Å². The van der Waals surface area contributed by atoms with Crippen LogP contribution in [0.1, 0.15) is 36.8 Å². The highest BCUT2D eigenvalue weighted by Gasteiger charge is 2.43. The van der Waals surface area contributed by atoms with Crippen molar-refractivity contribution in [2.45, 2.75) is 39.5 Å². The van der Waals surface area contributed by atoms with E-state index in [4.69, 9.17) is 5.73 Å². The minimum Gasteiger partial charge on any atom is -0.399 e. The maximum atomic E-state index is 12.4. The molecule has 0 heterocycles. The van der Waals surface area contributed by atoms with Gasteiger partial charge in [0.2, 0.25) is 5.91 Å². The van der Waals surface area contributed by atoms with E-state index in [1.807, 2.05) is 26.0 Å². The fourth-order valence-corrected chi connectivity index (χ4v) is 3.76. The number of anilines is 2. The second-order valence-electron chi connectivity index (χ2n) is 6.29. The quantitative estimate of drug-likeness (QED) is 0.800. The summed E-state index contributed by atoms with van der Waals surface area (Å²) in [5, 5.41) is 3.11. The van der Waals surface area contributed by atoms with Crippen molar-refractivity contribution in [3.8, 4) is 0 Å². The number of amides is 1. The van der Waals surface area contributed by atoms with Gasteiger partial charge < -0.3 is 11.1 Å². The lowest BCUT2D eigenvalue weighted by molar-refractivity contribution is -0.121. The smallest absolute Gasteiger partial charge is 0.227 e. The molecule has 2 saturated carbocycles. The molecular formula is C16H22N2O. The van der Waals surface area contributed by atoms with E-state index in [9.17, 15) is 4.79 Å². The molecular weight excluding hydrogens is 236 g/mol. The standard InChI is InChI=1S/C16H22N2O/c1-9-6-15(10(2)5-14(9)17)18-16(19)13-8-11-3-4-12(13)7-11/h5-6,11-13H,3-4,7-8,17H2,1-2H3,(H,18,19). The molecule has 19 heavy (non-hydrogen) atoms. The molecule has 0 aliphatic heterocycles. The van der Waals surface area contributed by atoms with Crippen LogP contribution in [0.15, 0.2) is 12.1 Å². The van der Waals surface area contributed by atoms with E-state index in [2.05, 4.69) is 5.32 Å². The van der Waals surface area contributed by atoms with Gasteiger partial charge in [0.25, 0.3) is 0 Å². The van der Waals surface area contributed by atoms with Crippen molar-refractivity contribution >= 4 is 17.3 Å². The van der Waals surface area contributed by atoms with Crippen molar-refractivity contribution in [3.05, 3.63) is 23.3 Å². The molecule has 3 nitrogen and oxygen atoms in total. The average molecular weight is 258 g/mol. The van der Waals surface area contributed by atoms with Crippen LogP contribution < -0.4 is 11.1 Å². The van der Waals surface area contributed by atoms with Gasteiger partial charge >= 0.3 is 0 Å². The van der Waals surface area contributed by atoms with Gasteiger partial charge in [0, 0.05) is 17.3 Å². The molecule has 0 aromatic heterocycles. The molecule has 102 valence electrons. The molecule has 2 aliphatic rings. The van der Waals surface area contributed by atoms with Gasteiger partial charge in [-0.25, -0.2) is 0 Å². The maximum absolute atomic E-state index is 12.4. The molecule has 2 bridgehead atoms. The van der Waals surface area contributed by atoms with Crippen molar-refractivity contribution in [3.63, 3.8) is 0 Å². The zero-order valence-electron chi connectivity index (χ0n) is 11.7. The minimum absolute atomic E-state index is 0.208. The summed E-state index contributed by atoms with van der Waals surface area (Å²) in [7, 11) is 0. The number of carbonyl (C=O) groups excluding carboxylic acids is 1. The van der Waals surface area contributed by atoms with Gasteiger partial charge in [-0.2, -0.15) is 0 Å². The van der Waals surface area contributed by atoms with Crippen molar-refractivity contribution in [1.29, 1.82) is 0 Å². The Bertz CT molecular complexity index is 524. The molecule has 3 unspecified atom stereocenters. The highest BCUT2D eigenvalue weighted by molar-refractivity contribution is 5.94. The highest BCUT2D eigenvalue weighted by Crippen LogP contribution is 2.48. The molecule has 3 N–H and O–H groups in total. The number of hydrogen-bond acceptors (Lipinski definition) is 2. The van der Waals surface area contributed by atoms with Crippen LogP contribution in [0.2, 0.25) is 0 Å². The van der Waals surface area contributed by atoms with E-state index in [-0.39, 0.29) is 11.8 Å². The van der Waals surface area contributed by atoms with Crippen LogP contribution >= 0.6 is 0 Å². The van der Waals surface area contributed by atoms with Crippen LogP contribution in [0.5, 0.6) is 0 Å². The summed E-state index contributed by atoms with van der Waals surface area (Å²) in [6.45, 7) is 3.97. The summed E-state index contributed by atoms with van der Waals surface area (Å²) in [4.78, 5) is 12.4. The fourth-order valence-electron chi connectivity index (χ4n) is 3.76. The van der Waals surface area contributed by atoms with Crippen LogP contribution in [0, 0.1) is 31.6 Å². The first-order chi connectivity index (χ1) is 9.04. The lowest BCUT2D eigenvalue weighted by Crippen LogP contribution is -2.27. The summed E-state index contributed by atoms with van der Waals surface area (Å²) in [5.74, 6) is 1.87. The third-order valence-electron chi connectivity index (χ3n) is 4.95. The molecule has 2 aliphatic carbocycles. The Labute approximate surface area is 114 Å². The Morgan fingerprint density at radius 3 is 2.63 bits per heavy atom. The Morgan fingerprint density at radius 1 is 1.21 bits per heavy atom. The van der Waals surface area contributed by atoms with E-state index in [1.54, 1.807) is 0 Å². The largest absolute Gasteiger partial charge is 0.399 e. The number of hydrogen-bond donors (Lipinski definition) is 2. The van der Waals surface area contributed by atoms with Gasteiger partial charge in [-0.05, 0) is 68.2 Å². The molecule has 3 rings (SSSR count). The van der Waals surface area contributed by atoms with E-state index >= 15 is 0 Å². The molecule has 0 radical (unpaired) electrons. The van der Waals surface area contributed by atoms with Crippen molar-refractivity contribution < 1.29 is 4.79 Å². The normalized spacial score (nSPS) is 28.6. The Morgan fingerprint density at radius 2 is 2.00 bits per heavy atom. The SMILES string of the molecule is Cc1cc(NC(=O)C2CC3CCC2C3)c(C)cc1N. The number of nitrogens with one attached hydrogen (secondary N) is 1. The predicted octanol–water partition coefficient (Wildman–Crippen LogP) is 3.26. The lowest BCUT2D eigenvalue weighted by atomic mass is 9.88. The molecule has 0 saturated heterocycles. The number of nitrogen functional groups attached to an aromatic ring is 1. The van der Waals surface area contributed by atoms with Gasteiger partial charge in [-0.15, -0.1) is 0 Å². The van der Waals surface area contributed by atoms with E-state index in [0.29, 0.717) is 5.92 Å². The molecule has 0 spiro atoms. The maximum Gasteiger partial charge on any atom is 0.227 e. The molecule has 3 heteroatoms. The third-order valence-corrected chi connectivity index (χ3v) is 4.95. The molecule has 1 amide bonds. The van der Waals surface area contributed by atoms with Crippen LogP contribution in [0.3, 0.4) is 0 Å². The Kier molecular flexibility index (Phi) is 3.00. The summed E-state index contributed by atoms with van der Waals surface area (Å²) in [6, 6.07) is 3.92. The highest BCUT2D eigenvalue weighted by atomic mass is 16.1.